The molecule has 0 bridgehead atoms. The van der Waals surface area contributed by atoms with E-state index in [0.717, 1.165) is 12.8 Å². The molecule has 78 valence electrons. The summed E-state index contributed by atoms with van der Waals surface area (Å²) in [7, 11) is -1.12. The first-order valence-electron chi connectivity index (χ1n) is 4.58. The van der Waals surface area contributed by atoms with Crippen LogP contribution in [-0.4, -0.2) is 9.96 Å². The summed E-state index contributed by atoms with van der Waals surface area (Å²) in [5.41, 5.74) is 5.78. The van der Waals surface area contributed by atoms with Crippen LogP contribution in [0, 0.1) is 5.82 Å². The molecule has 0 spiro atoms. The average Bonchev–Trinajstić information content (AvgIpc) is 2.12. The first kappa shape index (κ1) is 11.2. The first-order valence-corrected chi connectivity index (χ1v) is 5.90. The molecule has 1 rings (SSSR count). The van der Waals surface area contributed by atoms with Crippen LogP contribution >= 0.6 is 0 Å². The van der Waals surface area contributed by atoms with Crippen molar-refractivity contribution in [2.24, 2.45) is 0 Å². The van der Waals surface area contributed by atoms with E-state index < -0.39 is 16.6 Å². The van der Waals surface area contributed by atoms with Gasteiger partial charge in [-0.25, -0.2) is 4.39 Å². The van der Waals surface area contributed by atoms with Crippen molar-refractivity contribution in [3.63, 3.8) is 0 Å². The maximum atomic E-state index is 12.9. The van der Waals surface area contributed by atoms with Gasteiger partial charge in [0, 0.05) is 16.3 Å². The third-order valence-electron chi connectivity index (χ3n) is 1.84. The van der Waals surface area contributed by atoms with E-state index >= 15 is 0 Å². The van der Waals surface area contributed by atoms with Crippen molar-refractivity contribution in [2.45, 2.75) is 24.7 Å². The summed E-state index contributed by atoms with van der Waals surface area (Å²) in [5, 5.41) is 0. The first-order chi connectivity index (χ1) is 6.63. The summed E-state index contributed by atoms with van der Waals surface area (Å²) >= 11 is 0. The van der Waals surface area contributed by atoms with Crippen molar-refractivity contribution in [1.82, 2.24) is 0 Å². The quantitative estimate of drug-likeness (QED) is 0.783. The van der Waals surface area contributed by atoms with Crippen molar-refractivity contribution < 1.29 is 8.60 Å². The maximum absolute atomic E-state index is 12.9. The van der Waals surface area contributed by atoms with Crippen LogP contribution in [-0.2, 0) is 10.8 Å². The number of hydrogen-bond donors (Lipinski definition) is 1. The van der Waals surface area contributed by atoms with E-state index in [0.29, 0.717) is 16.3 Å². The lowest BCUT2D eigenvalue weighted by molar-refractivity contribution is 0.623. The van der Waals surface area contributed by atoms with Gasteiger partial charge >= 0.3 is 0 Å². The molecule has 1 aromatic carbocycles. The fraction of sp³-hybridized carbons (Fsp3) is 0.400. The van der Waals surface area contributed by atoms with Crippen molar-refractivity contribution in [2.75, 3.05) is 11.5 Å². The molecule has 1 atom stereocenters. The number of halogens is 1. The summed E-state index contributed by atoms with van der Waals surface area (Å²) in [6.45, 7) is 2.02. The minimum absolute atomic E-state index is 0.324. The topological polar surface area (TPSA) is 43.1 Å². The fourth-order valence-electron chi connectivity index (χ4n) is 1.11. The molecule has 0 heterocycles. The SMILES string of the molecule is CCCCS(=O)c1cc(N)cc(F)c1. The van der Waals surface area contributed by atoms with Crippen LogP contribution in [0.5, 0.6) is 0 Å². The Labute approximate surface area is 85.8 Å². The molecule has 14 heavy (non-hydrogen) atoms. The Bertz CT molecular complexity index is 321. The van der Waals surface area contributed by atoms with Gasteiger partial charge in [-0.05, 0) is 24.6 Å². The summed E-state index contributed by atoms with van der Waals surface area (Å²) in [4.78, 5) is 0.482. The Morgan fingerprint density at radius 3 is 2.71 bits per heavy atom. The van der Waals surface area contributed by atoms with E-state index in [1.165, 1.54) is 12.1 Å². The second kappa shape index (κ2) is 5.10. The van der Waals surface area contributed by atoms with Crippen LogP contribution in [0.4, 0.5) is 10.1 Å². The predicted molar refractivity (Wildman–Crippen MR) is 57.0 cm³/mol. The monoisotopic (exact) mass is 215 g/mol. The van der Waals surface area contributed by atoms with E-state index in [2.05, 4.69) is 0 Å². The van der Waals surface area contributed by atoms with E-state index in [9.17, 15) is 8.60 Å². The van der Waals surface area contributed by atoms with Gasteiger partial charge in [0.05, 0.1) is 10.8 Å². The van der Waals surface area contributed by atoms with Gasteiger partial charge in [-0.15, -0.1) is 0 Å². The van der Waals surface area contributed by atoms with Crippen LogP contribution in [0.2, 0.25) is 0 Å². The van der Waals surface area contributed by atoms with Gasteiger partial charge in [-0.2, -0.15) is 0 Å². The molecule has 0 saturated heterocycles. The Kier molecular flexibility index (Phi) is 4.07. The Morgan fingerprint density at radius 1 is 1.43 bits per heavy atom. The van der Waals surface area contributed by atoms with Gasteiger partial charge in [0.25, 0.3) is 0 Å². The van der Waals surface area contributed by atoms with Crippen molar-refractivity contribution in [3.05, 3.63) is 24.0 Å². The Morgan fingerprint density at radius 2 is 2.14 bits per heavy atom. The van der Waals surface area contributed by atoms with Crippen LogP contribution in [0.15, 0.2) is 23.1 Å². The zero-order valence-corrected chi connectivity index (χ0v) is 8.94. The second-order valence-electron chi connectivity index (χ2n) is 3.12. The average molecular weight is 215 g/mol. The summed E-state index contributed by atoms with van der Waals surface area (Å²) < 4.78 is 24.5. The highest BCUT2D eigenvalue weighted by Gasteiger charge is 2.05. The molecule has 1 unspecified atom stereocenters. The van der Waals surface area contributed by atoms with E-state index in [1.807, 2.05) is 6.92 Å². The number of nitrogen functional groups attached to an aromatic ring is 1. The highest BCUT2D eigenvalue weighted by molar-refractivity contribution is 7.85. The molecule has 2 nitrogen and oxygen atoms in total. The van der Waals surface area contributed by atoms with Crippen molar-refractivity contribution in [1.29, 1.82) is 0 Å². The number of nitrogens with two attached hydrogens (primary N) is 1. The van der Waals surface area contributed by atoms with Gasteiger partial charge < -0.3 is 5.73 Å². The largest absolute Gasteiger partial charge is 0.399 e. The predicted octanol–water partition coefficient (Wildman–Crippen LogP) is 2.32. The van der Waals surface area contributed by atoms with Crippen LogP contribution in [0.25, 0.3) is 0 Å². The lowest BCUT2D eigenvalue weighted by Gasteiger charge is -2.02. The van der Waals surface area contributed by atoms with Gasteiger partial charge in [-0.1, -0.05) is 13.3 Å². The Hall–Kier alpha value is -0.900. The molecular weight excluding hydrogens is 201 g/mol. The minimum Gasteiger partial charge on any atom is -0.399 e. The molecule has 1 aromatic rings. The molecule has 4 heteroatoms. The normalized spacial score (nSPS) is 12.7. The smallest absolute Gasteiger partial charge is 0.126 e. The maximum Gasteiger partial charge on any atom is 0.126 e. The van der Waals surface area contributed by atoms with Crippen molar-refractivity contribution >= 4 is 16.5 Å². The second-order valence-corrected chi connectivity index (χ2v) is 4.69. The molecule has 2 N–H and O–H groups in total. The van der Waals surface area contributed by atoms with Crippen LogP contribution in [0.1, 0.15) is 19.8 Å². The molecule has 0 amide bonds. The van der Waals surface area contributed by atoms with Gasteiger partial charge in [0.1, 0.15) is 5.82 Å². The van der Waals surface area contributed by atoms with Gasteiger partial charge in [0.2, 0.25) is 0 Å². The lowest BCUT2D eigenvalue weighted by atomic mass is 10.3. The molecule has 0 aliphatic carbocycles. The number of hydrogen-bond acceptors (Lipinski definition) is 2. The van der Waals surface area contributed by atoms with Crippen molar-refractivity contribution in [3.8, 4) is 0 Å². The van der Waals surface area contributed by atoms with Gasteiger partial charge in [-0.3, -0.25) is 4.21 Å². The molecule has 0 aromatic heterocycles. The highest BCUT2D eigenvalue weighted by atomic mass is 32.2. The molecular formula is C10H14FNOS. The highest BCUT2D eigenvalue weighted by Crippen LogP contribution is 2.15. The third-order valence-corrected chi connectivity index (χ3v) is 3.26. The molecule has 0 aliphatic heterocycles. The van der Waals surface area contributed by atoms with Crippen LogP contribution in [0.3, 0.4) is 0 Å². The van der Waals surface area contributed by atoms with E-state index in [4.69, 9.17) is 5.73 Å². The zero-order chi connectivity index (χ0) is 10.6. The summed E-state index contributed by atoms with van der Waals surface area (Å²) in [6.07, 6.45) is 1.86. The summed E-state index contributed by atoms with van der Waals surface area (Å²) in [5.74, 6) is 0.143. The van der Waals surface area contributed by atoms with Gasteiger partial charge in [0.15, 0.2) is 0 Å². The summed E-state index contributed by atoms with van der Waals surface area (Å²) in [6, 6.07) is 4.07. The number of benzene rings is 1. The number of anilines is 1. The number of unbranched alkanes of at least 4 members (excludes halogenated alkanes) is 1. The Balaban J connectivity index is 2.79. The lowest BCUT2D eigenvalue weighted by Crippen LogP contribution is -1.99. The molecule has 0 fully saturated rings. The minimum atomic E-state index is -1.12. The van der Waals surface area contributed by atoms with Crippen LogP contribution < -0.4 is 5.73 Å². The van der Waals surface area contributed by atoms with E-state index in [1.54, 1.807) is 6.07 Å². The third kappa shape index (κ3) is 3.10. The van der Waals surface area contributed by atoms with E-state index in [-0.39, 0.29) is 0 Å². The standard InChI is InChI=1S/C10H14FNOS/c1-2-3-4-14(13)10-6-8(11)5-9(12)7-10/h5-7H,2-4,12H2,1H3. The number of rotatable bonds is 4. The molecule has 0 saturated carbocycles. The molecule has 0 radical (unpaired) electrons. The zero-order valence-electron chi connectivity index (χ0n) is 8.13. The fourth-order valence-corrected chi connectivity index (χ4v) is 2.41. The molecule has 0 aliphatic rings.